The van der Waals surface area contributed by atoms with E-state index in [0.717, 1.165) is 38.1 Å². The second kappa shape index (κ2) is 23.1. The molecule has 1 saturated carbocycles. The van der Waals surface area contributed by atoms with Gasteiger partial charge in [0.15, 0.2) is 0 Å². The minimum atomic E-state index is -0.645. The number of carbonyl (C=O) groups is 1. The molecule has 4 rings (SSSR count). The number of carboxylic acid groups (broad SMARTS) is 1. The first kappa shape index (κ1) is 39.6. The molecule has 0 bridgehead atoms. The molecule has 1 aliphatic heterocycles. The number of aryl methyl sites for hydroxylation is 1. The molecular weight excluding hydrogens is 518 g/mol. The zero-order valence-electron chi connectivity index (χ0n) is 27.4. The van der Waals surface area contributed by atoms with E-state index in [9.17, 15) is 4.79 Å². The van der Waals surface area contributed by atoms with Gasteiger partial charge in [-0.2, -0.15) is 5.10 Å². The van der Waals surface area contributed by atoms with Crippen LogP contribution in [0.2, 0.25) is 0 Å². The van der Waals surface area contributed by atoms with Crippen molar-refractivity contribution in [1.29, 1.82) is 0 Å². The number of benzene rings is 1. The first-order chi connectivity index (χ1) is 19.7. The van der Waals surface area contributed by atoms with Crippen molar-refractivity contribution in [1.82, 2.24) is 14.7 Å². The summed E-state index contributed by atoms with van der Waals surface area (Å²) in [4.78, 5) is 13.1. The maximum atomic E-state index is 10.6. The van der Waals surface area contributed by atoms with E-state index in [1.807, 2.05) is 20.8 Å². The lowest BCUT2D eigenvalue weighted by Crippen LogP contribution is -2.30. The Morgan fingerprint density at radius 3 is 2.10 bits per heavy atom. The fourth-order valence-corrected chi connectivity index (χ4v) is 5.56. The second-order valence-electron chi connectivity index (χ2n) is 12.2. The van der Waals surface area contributed by atoms with Crippen molar-refractivity contribution in [3.63, 3.8) is 0 Å². The number of hydrogen-bond donors (Lipinski definition) is 1. The first-order valence-electron chi connectivity index (χ1n) is 16.2. The average Bonchev–Trinajstić information content (AvgIpc) is 3.59. The van der Waals surface area contributed by atoms with Crippen LogP contribution < -0.4 is 0 Å². The van der Waals surface area contributed by atoms with E-state index in [1.54, 1.807) is 6.08 Å². The summed E-state index contributed by atoms with van der Waals surface area (Å²) in [5.74, 6) is 1.20. The number of aromatic nitrogens is 2. The molecule has 1 N–H and O–H groups in total. The third-order valence-electron chi connectivity index (χ3n) is 8.16. The highest BCUT2D eigenvalue weighted by Gasteiger charge is 2.22. The van der Waals surface area contributed by atoms with Gasteiger partial charge in [-0.1, -0.05) is 110 Å². The van der Waals surface area contributed by atoms with Gasteiger partial charge in [0, 0.05) is 24.6 Å². The summed E-state index contributed by atoms with van der Waals surface area (Å²) < 4.78 is 2.22. The summed E-state index contributed by atoms with van der Waals surface area (Å²) >= 11 is 0. The number of hydrogen-bond acceptors (Lipinski definition) is 3. The van der Waals surface area contributed by atoms with E-state index >= 15 is 0 Å². The van der Waals surface area contributed by atoms with Crippen LogP contribution in [0.25, 0.3) is 0 Å². The number of allylic oxidation sites excluding steroid dienone is 1. The highest BCUT2D eigenvalue weighted by molar-refractivity contribution is 5.70. The fraction of sp³-hybridized carbons (Fsp3) is 0.676. The van der Waals surface area contributed by atoms with E-state index in [-0.39, 0.29) is 19.3 Å². The molecule has 42 heavy (non-hydrogen) atoms. The van der Waals surface area contributed by atoms with Crippen LogP contribution in [0.4, 0.5) is 0 Å². The van der Waals surface area contributed by atoms with Gasteiger partial charge in [-0.25, -0.2) is 0 Å². The van der Waals surface area contributed by atoms with Crippen LogP contribution in [-0.4, -0.2) is 45.9 Å². The van der Waals surface area contributed by atoms with Gasteiger partial charge in [0.05, 0.1) is 11.6 Å². The van der Waals surface area contributed by atoms with Gasteiger partial charge in [0.25, 0.3) is 0 Å². The van der Waals surface area contributed by atoms with Gasteiger partial charge in [-0.15, -0.1) is 6.58 Å². The number of aliphatic carboxylic acids is 1. The molecule has 0 amide bonds. The molecule has 1 aromatic carbocycles. The summed E-state index contributed by atoms with van der Waals surface area (Å²) in [6.45, 7) is 19.2. The minimum Gasteiger partial charge on any atom is -0.481 e. The number of nitrogens with zero attached hydrogens (tertiary/aromatic N) is 3. The summed E-state index contributed by atoms with van der Waals surface area (Å²) in [6.07, 6.45) is 14.1. The quantitative estimate of drug-likeness (QED) is 0.298. The van der Waals surface area contributed by atoms with Crippen molar-refractivity contribution in [3.05, 3.63) is 66.0 Å². The van der Waals surface area contributed by atoms with Crippen molar-refractivity contribution < 1.29 is 9.90 Å². The van der Waals surface area contributed by atoms with Crippen LogP contribution in [-0.2, 0) is 17.8 Å². The highest BCUT2D eigenvalue weighted by atomic mass is 16.4. The Morgan fingerprint density at radius 1 is 1.10 bits per heavy atom. The van der Waals surface area contributed by atoms with Gasteiger partial charge >= 0.3 is 5.97 Å². The van der Waals surface area contributed by atoms with E-state index in [2.05, 4.69) is 80.4 Å². The topological polar surface area (TPSA) is 58.4 Å². The number of piperidine rings is 1. The van der Waals surface area contributed by atoms with Crippen molar-refractivity contribution in [2.45, 2.75) is 126 Å². The van der Waals surface area contributed by atoms with E-state index in [4.69, 9.17) is 10.2 Å². The number of rotatable bonds is 9. The van der Waals surface area contributed by atoms with Gasteiger partial charge < -0.3 is 10.0 Å². The molecule has 1 aliphatic carbocycles. The molecule has 1 atom stereocenters. The number of unbranched alkanes of at least 4 members (excludes halogenated alkanes) is 1. The van der Waals surface area contributed by atoms with Crippen LogP contribution in [0.5, 0.6) is 0 Å². The Morgan fingerprint density at radius 2 is 1.67 bits per heavy atom. The molecule has 5 nitrogen and oxygen atoms in total. The van der Waals surface area contributed by atoms with Gasteiger partial charge in [0.2, 0.25) is 0 Å². The summed E-state index contributed by atoms with van der Waals surface area (Å²) in [5.41, 5.74) is 3.99. The Bertz CT molecular complexity index is 939. The second-order valence-corrected chi connectivity index (χ2v) is 12.2. The lowest BCUT2D eigenvalue weighted by Gasteiger charge is -2.29. The zero-order chi connectivity index (χ0) is 30.6. The summed E-state index contributed by atoms with van der Waals surface area (Å²) in [6, 6.07) is 13.0. The zero-order valence-corrected chi connectivity index (χ0v) is 27.4. The van der Waals surface area contributed by atoms with E-state index < -0.39 is 5.97 Å². The van der Waals surface area contributed by atoms with E-state index in [0.29, 0.717) is 5.92 Å². The minimum absolute atomic E-state index is 0. The van der Waals surface area contributed by atoms with Gasteiger partial charge in [-0.3, -0.25) is 9.48 Å². The molecule has 1 unspecified atom stereocenters. The molecule has 1 saturated heterocycles. The maximum absolute atomic E-state index is 10.6. The van der Waals surface area contributed by atoms with Gasteiger partial charge in [-0.05, 0) is 76.7 Å². The molecule has 2 heterocycles. The lowest BCUT2D eigenvalue weighted by molar-refractivity contribution is -0.143. The van der Waals surface area contributed by atoms with Crippen LogP contribution in [0.3, 0.4) is 0 Å². The molecule has 5 heteroatoms. The lowest BCUT2D eigenvalue weighted by atomic mass is 9.91. The standard InChI is InChI=1S/C18H25N3.C9H18O2.C6H12.C3H6.CH4/c1-3-21-18(16-9-11-20(2)12-10-16)14-17(19-21)13-15-7-5-4-6-8-15;1-4-5-6-8(7(2)3)9(10)11;1-6-4-2-3-5-6;1-3-2;/h4-8,14,16H,3,9-13H2,1-2H3;7-8H,4-6H2,1-3H3,(H,10,11);6H,2-5H2,1H3;3H,1H2,2H3;1H4. The predicted molar refractivity (Wildman–Crippen MR) is 182 cm³/mol. The summed E-state index contributed by atoms with van der Waals surface area (Å²) in [5, 5.41) is 13.6. The molecule has 0 radical (unpaired) electrons. The third-order valence-corrected chi connectivity index (χ3v) is 8.16. The highest BCUT2D eigenvalue weighted by Crippen LogP contribution is 2.28. The van der Waals surface area contributed by atoms with Crippen LogP contribution in [0, 0.1) is 17.8 Å². The van der Waals surface area contributed by atoms with Crippen molar-refractivity contribution in [2.24, 2.45) is 17.8 Å². The number of carboxylic acids is 1. The maximum Gasteiger partial charge on any atom is 0.306 e. The predicted octanol–water partition coefficient (Wildman–Crippen LogP) is 9.86. The molecule has 2 aliphatic rings. The van der Waals surface area contributed by atoms with Gasteiger partial charge in [0.1, 0.15) is 0 Å². The largest absolute Gasteiger partial charge is 0.481 e. The third kappa shape index (κ3) is 15.7. The molecule has 240 valence electrons. The monoisotopic (exact) mass is 584 g/mol. The molecule has 1 aromatic heterocycles. The smallest absolute Gasteiger partial charge is 0.306 e. The molecule has 2 aromatic rings. The Balaban J connectivity index is 0.000000671. The first-order valence-corrected chi connectivity index (χ1v) is 16.2. The fourth-order valence-electron chi connectivity index (χ4n) is 5.56. The van der Waals surface area contributed by atoms with E-state index in [1.165, 1.54) is 68.6 Å². The van der Waals surface area contributed by atoms with Crippen LogP contribution >= 0.6 is 0 Å². The van der Waals surface area contributed by atoms with Crippen molar-refractivity contribution >= 4 is 5.97 Å². The number of likely N-dealkylation sites (tertiary alicyclic amines) is 1. The average molecular weight is 584 g/mol. The molecule has 2 fully saturated rings. The van der Waals surface area contributed by atoms with Crippen molar-refractivity contribution in [2.75, 3.05) is 20.1 Å². The Hall–Kier alpha value is -2.40. The van der Waals surface area contributed by atoms with Crippen molar-refractivity contribution in [3.8, 4) is 0 Å². The summed E-state index contributed by atoms with van der Waals surface area (Å²) in [7, 11) is 2.22. The molecular formula is C37H65N3O2. The Labute approximate surface area is 259 Å². The Kier molecular flexibility index (Phi) is 21.8. The normalized spacial score (nSPS) is 16.1. The van der Waals surface area contributed by atoms with Crippen LogP contribution in [0.1, 0.15) is 130 Å². The van der Waals surface area contributed by atoms with Crippen LogP contribution in [0.15, 0.2) is 49.1 Å². The SMILES string of the molecule is C.C=CC.CC1CCCC1.CCCCC(C(=O)O)C(C)C.CCn1nc(Cc2ccccc2)cc1C1CCN(C)CC1. The molecule has 0 spiro atoms.